The highest BCUT2D eigenvalue weighted by Gasteiger charge is 2.30. The van der Waals surface area contributed by atoms with Crippen molar-refractivity contribution in [3.8, 4) is 11.1 Å². The van der Waals surface area contributed by atoms with E-state index in [2.05, 4.69) is 15.3 Å². The van der Waals surface area contributed by atoms with Crippen LogP contribution >= 0.6 is 11.3 Å². The van der Waals surface area contributed by atoms with Gasteiger partial charge in [-0.05, 0) is 43.0 Å². The van der Waals surface area contributed by atoms with Crippen LogP contribution in [0.1, 0.15) is 39.7 Å². The maximum Gasteiger partial charge on any atom is 0.267 e. The molecule has 126 valence electrons. The van der Waals surface area contributed by atoms with Gasteiger partial charge >= 0.3 is 0 Å². The van der Waals surface area contributed by atoms with Gasteiger partial charge in [-0.15, -0.1) is 11.3 Å². The second-order valence-corrected chi connectivity index (χ2v) is 7.07. The molecule has 1 saturated carbocycles. The quantitative estimate of drug-likeness (QED) is 0.734. The van der Waals surface area contributed by atoms with E-state index >= 15 is 0 Å². The Kier molecular flexibility index (Phi) is 4.05. The number of aryl methyl sites for hydroxylation is 1. The molecule has 1 N–H and O–H groups in total. The maximum atomic E-state index is 13.4. The van der Waals surface area contributed by atoms with Crippen molar-refractivity contribution in [2.45, 2.75) is 25.7 Å². The molecule has 25 heavy (non-hydrogen) atoms. The summed E-state index contributed by atoms with van der Waals surface area (Å²) in [6, 6.07) is 7.08. The van der Waals surface area contributed by atoms with E-state index in [-0.39, 0.29) is 11.7 Å². The van der Waals surface area contributed by atoms with Crippen molar-refractivity contribution in [2.75, 3.05) is 5.32 Å². The van der Waals surface area contributed by atoms with E-state index in [0.29, 0.717) is 22.0 Å². The Bertz CT molecular complexity index is 949. The van der Waals surface area contributed by atoms with Gasteiger partial charge in [0.15, 0.2) is 0 Å². The van der Waals surface area contributed by atoms with Gasteiger partial charge in [-0.2, -0.15) is 0 Å². The SMILES string of the molecule is Cc1ccc(-c2cncc(F)c2)cc1NC(=O)c1scnc1C1CC1. The molecule has 1 fully saturated rings. The van der Waals surface area contributed by atoms with Crippen molar-refractivity contribution >= 4 is 22.9 Å². The van der Waals surface area contributed by atoms with Crippen LogP contribution in [0.5, 0.6) is 0 Å². The van der Waals surface area contributed by atoms with Gasteiger partial charge in [-0.3, -0.25) is 9.78 Å². The Morgan fingerprint density at radius 3 is 2.84 bits per heavy atom. The average molecular weight is 353 g/mol. The van der Waals surface area contributed by atoms with E-state index in [4.69, 9.17) is 0 Å². The number of carbonyl (C=O) groups is 1. The molecule has 0 aliphatic heterocycles. The van der Waals surface area contributed by atoms with Crippen molar-refractivity contribution in [3.63, 3.8) is 0 Å². The van der Waals surface area contributed by atoms with Crippen LogP contribution in [0.15, 0.2) is 42.2 Å². The molecule has 2 aromatic heterocycles. The number of rotatable bonds is 4. The molecule has 4 nitrogen and oxygen atoms in total. The molecule has 1 amide bonds. The third-order valence-electron chi connectivity index (χ3n) is 4.29. The zero-order valence-electron chi connectivity index (χ0n) is 13.6. The third kappa shape index (κ3) is 3.30. The van der Waals surface area contributed by atoms with E-state index < -0.39 is 0 Å². The van der Waals surface area contributed by atoms with Crippen LogP contribution in [0.2, 0.25) is 0 Å². The van der Waals surface area contributed by atoms with E-state index in [0.717, 1.165) is 29.7 Å². The first-order valence-corrected chi connectivity index (χ1v) is 8.96. The van der Waals surface area contributed by atoms with Gasteiger partial charge in [0.25, 0.3) is 5.91 Å². The van der Waals surface area contributed by atoms with Gasteiger partial charge in [-0.1, -0.05) is 12.1 Å². The molecular weight excluding hydrogens is 337 g/mol. The Labute approximate surface area is 148 Å². The Morgan fingerprint density at radius 1 is 1.24 bits per heavy atom. The number of aromatic nitrogens is 2. The fourth-order valence-corrected chi connectivity index (χ4v) is 3.53. The van der Waals surface area contributed by atoms with E-state index in [9.17, 15) is 9.18 Å². The zero-order valence-corrected chi connectivity index (χ0v) is 14.4. The summed E-state index contributed by atoms with van der Waals surface area (Å²) in [5.74, 6) is -0.0952. The number of thiazole rings is 1. The highest BCUT2D eigenvalue weighted by molar-refractivity contribution is 7.12. The lowest BCUT2D eigenvalue weighted by Crippen LogP contribution is -2.13. The summed E-state index contributed by atoms with van der Waals surface area (Å²) in [6.45, 7) is 1.93. The number of carbonyl (C=O) groups excluding carboxylic acids is 1. The first kappa shape index (κ1) is 15.9. The molecule has 0 radical (unpaired) electrons. The molecular formula is C19H16FN3OS. The molecule has 1 aliphatic rings. The minimum atomic E-state index is -0.387. The Balaban J connectivity index is 1.62. The minimum Gasteiger partial charge on any atom is -0.321 e. The highest BCUT2D eigenvalue weighted by atomic mass is 32.1. The molecule has 2 heterocycles. The van der Waals surface area contributed by atoms with Crippen LogP contribution in [-0.2, 0) is 0 Å². The molecule has 4 rings (SSSR count). The standard InChI is InChI=1S/C19H16FN3OS/c1-11-2-3-13(14-6-15(20)9-21-8-14)7-16(11)23-19(24)18-17(12-4-5-12)22-10-25-18/h2-3,6-10,12H,4-5H2,1H3,(H,23,24). The smallest absolute Gasteiger partial charge is 0.267 e. The van der Waals surface area contributed by atoms with Crippen molar-refractivity contribution in [2.24, 2.45) is 0 Å². The second kappa shape index (κ2) is 6.37. The van der Waals surface area contributed by atoms with Crippen LogP contribution in [0.25, 0.3) is 11.1 Å². The summed E-state index contributed by atoms with van der Waals surface area (Å²) in [4.78, 5) is 21.6. The molecule has 0 saturated heterocycles. The second-order valence-electron chi connectivity index (χ2n) is 6.22. The number of nitrogens with zero attached hydrogens (tertiary/aromatic N) is 2. The summed E-state index contributed by atoms with van der Waals surface area (Å²) in [7, 11) is 0. The van der Waals surface area contributed by atoms with Crippen LogP contribution < -0.4 is 5.32 Å². The summed E-state index contributed by atoms with van der Waals surface area (Å²) < 4.78 is 13.4. The van der Waals surface area contributed by atoms with Crippen LogP contribution in [0.4, 0.5) is 10.1 Å². The normalized spacial score (nSPS) is 13.7. The van der Waals surface area contributed by atoms with E-state index in [1.54, 1.807) is 11.7 Å². The number of hydrogen-bond acceptors (Lipinski definition) is 4. The molecule has 0 spiro atoms. The predicted molar refractivity (Wildman–Crippen MR) is 96.4 cm³/mol. The summed E-state index contributed by atoms with van der Waals surface area (Å²) in [5, 5.41) is 2.98. The molecule has 1 aliphatic carbocycles. The van der Waals surface area contributed by atoms with E-state index in [1.165, 1.54) is 23.6 Å². The van der Waals surface area contributed by atoms with Gasteiger partial charge in [-0.25, -0.2) is 9.37 Å². The van der Waals surface area contributed by atoms with Crippen molar-refractivity contribution < 1.29 is 9.18 Å². The maximum absolute atomic E-state index is 13.4. The Hall–Kier alpha value is -2.60. The minimum absolute atomic E-state index is 0.137. The number of halogens is 1. The summed E-state index contributed by atoms with van der Waals surface area (Å²) in [5.41, 5.74) is 5.77. The molecule has 0 unspecified atom stereocenters. The van der Waals surface area contributed by atoms with Crippen molar-refractivity contribution in [1.82, 2.24) is 9.97 Å². The number of benzene rings is 1. The monoisotopic (exact) mass is 353 g/mol. The number of amides is 1. The predicted octanol–water partition coefficient (Wildman–Crippen LogP) is 4.78. The summed E-state index contributed by atoms with van der Waals surface area (Å²) in [6.07, 6.45) is 4.98. The largest absolute Gasteiger partial charge is 0.321 e. The topological polar surface area (TPSA) is 54.9 Å². The molecule has 6 heteroatoms. The lowest BCUT2D eigenvalue weighted by molar-refractivity contribution is 0.102. The van der Waals surface area contributed by atoms with Crippen LogP contribution in [0, 0.1) is 12.7 Å². The van der Waals surface area contributed by atoms with Gasteiger partial charge in [0.05, 0.1) is 17.4 Å². The zero-order chi connectivity index (χ0) is 17.4. The summed E-state index contributed by atoms with van der Waals surface area (Å²) >= 11 is 1.37. The molecule has 1 aromatic carbocycles. The number of anilines is 1. The third-order valence-corrected chi connectivity index (χ3v) is 5.13. The number of nitrogens with one attached hydrogen (secondary N) is 1. The van der Waals surface area contributed by atoms with Crippen molar-refractivity contribution in [3.05, 3.63) is 64.1 Å². The lowest BCUT2D eigenvalue weighted by Gasteiger charge is -2.11. The molecule has 0 atom stereocenters. The van der Waals surface area contributed by atoms with Gasteiger partial charge in [0, 0.05) is 23.4 Å². The fraction of sp³-hybridized carbons (Fsp3) is 0.211. The van der Waals surface area contributed by atoms with Gasteiger partial charge in [0.1, 0.15) is 10.7 Å². The first-order chi connectivity index (χ1) is 12.1. The van der Waals surface area contributed by atoms with Gasteiger partial charge in [0.2, 0.25) is 0 Å². The number of pyridine rings is 1. The molecule has 0 bridgehead atoms. The Morgan fingerprint density at radius 2 is 2.08 bits per heavy atom. The lowest BCUT2D eigenvalue weighted by atomic mass is 10.0. The average Bonchev–Trinajstić information content (AvgIpc) is 3.33. The highest BCUT2D eigenvalue weighted by Crippen LogP contribution is 2.42. The first-order valence-electron chi connectivity index (χ1n) is 8.08. The van der Waals surface area contributed by atoms with Gasteiger partial charge < -0.3 is 5.32 Å². The van der Waals surface area contributed by atoms with Crippen LogP contribution in [-0.4, -0.2) is 15.9 Å². The van der Waals surface area contributed by atoms with E-state index in [1.807, 2.05) is 25.1 Å². The number of hydrogen-bond donors (Lipinski definition) is 1. The van der Waals surface area contributed by atoms with Crippen LogP contribution in [0.3, 0.4) is 0 Å². The van der Waals surface area contributed by atoms with Crippen molar-refractivity contribution in [1.29, 1.82) is 0 Å². The fourth-order valence-electron chi connectivity index (χ4n) is 2.76. The molecule has 3 aromatic rings.